The summed E-state index contributed by atoms with van der Waals surface area (Å²) in [5.41, 5.74) is 7.97. The monoisotopic (exact) mass is 1820 g/mol. The van der Waals surface area contributed by atoms with Gasteiger partial charge < -0.3 is 117 Å². The highest BCUT2D eigenvalue weighted by molar-refractivity contribution is 5.90. The van der Waals surface area contributed by atoms with Crippen molar-refractivity contribution in [1.82, 2.24) is 0 Å². The topological polar surface area (TPSA) is 653 Å². The normalized spacial score (nSPS) is 10.3. The molecule has 0 atom stereocenters. The summed E-state index contributed by atoms with van der Waals surface area (Å²) in [4.78, 5) is 111. The maximum atomic E-state index is 10.1. The number of aliphatic carboxylic acids is 11. The molecule has 11 aromatic rings. The maximum absolute atomic E-state index is 10.1. The van der Waals surface area contributed by atoms with Crippen molar-refractivity contribution in [3.8, 4) is 69.0 Å². The number of carboxylic acids is 11. The Hall–Kier alpha value is -19.7. The van der Waals surface area contributed by atoms with Crippen LogP contribution >= 0.6 is 0 Å². The van der Waals surface area contributed by atoms with Crippen molar-refractivity contribution >= 4 is 132 Å². The molecule has 34 nitrogen and oxygen atoms in total. The zero-order valence-electron chi connectivity index (χ0n) is 69.3. The largest absolute Gasteiger partial charge is 0.508 e. The molecule has 0 amide bonds. The molecule has 11 aromatic carbocycles. The standard InChI is InChI=1S/C9H8O4.10C9H8O3/c10-7-3-1-6(5-8(7)11)2-4-9(12)13;10*10-8-4-1-7(2-5-8)3-6-9(11)12/h1-5,10-11H,(H,12,13);10*1-6,10H,(H,11,12). The quantitative estimate of drug-likeness (QED) is 0.0221. The molecule has 0 bridgehead atoms. The van der Waals surface area contributed by atoms with Crippen LogP contribution in [0.3, 0.4) is 0 Å². The smallest absolute Gasteiger partial charge is 0.328 e. The molecule has 34 heteroatoms. The Labute approximate surface area is 757 Å². The number of carbonyl (C=O) groups is 11. The minimum atomic E-state index is -1.06. The molecule has 0 aliphatic rings. The Bertz CT molecular complexity index is 4760. The molecule has 0 aliphatic heterocycles. The summed E-state index contributed by atoms with van der Waals surface area (Å²) in [5, 5.41) is 198. The van der Waals surface area contributed by atoms with Crippen molar-refractivity contribution in [2.45, 2.75) is 0 Å². The van der Waals surface area contributed by atoms with Gasteiger partial charge in [-0.05, 0) is 261 Å². The highest BCUT2D eigenvalue weighted by atomic mass is 16.4. The molecule has 133 heavy (non-hydrogen) atoms. The Balaban J connectivity index is 0.000000732. The van der Waals surface area contributed by atoms with E-state index in [1.165, 1.54) is 206 Å². The second-order valence-corrected chi connectivity index (χ2v) is 25.1. The summed E-state index contributed by atoms with van der Waals surface area (Å²) in [6, 6.07) is 66.8. The number of carboxylic acid groups (broad SMARTS) is 11. The predicted molar refractivity (Wildman–Crippen MR) is 494 cm³/mol. The molecular weight excluding hydrogens is 1730 g/mol. The molecule has 0 spiro atoms. The van der Waals surface area contributed by atoms with Gasteiger partial charge in [-0.2, -0.15) is 0 Å². The summed E-state index contributed by atoms with van der Waals surface area (Å²) >= 11 is 0. The third kappa shape index (κ3) is 62.1. The van der Waals surface area contributed by atoms with Crippen molar-refractivity contribution < 1.29 is 170 Å². The van der Waals surface area contributed by atoms with E-state index in [4.69, 9.17) is 117 Å². The average Bonchev–Trinajstić information content (AvgIpc) is 0.870. The number of phenolic OH excluding ortho intramolecular Hbond substituents is 12. The minimum Gasteiger partial charge on any atom is -0.508 e. The van der Waals surface area contributed by atoms with Crippen LogP contribution in [-0.2, 0) is 52.7 Å². The number of phenols is 12. The Kier molecular flexibility index (Phi) is 53.7. The van der Waals surface area contributed by atoms with E-state index in [1.54, 1.807) is 121 Å². The number of benzene rings is 11. The SMILES string of the molecule is O=C(O)C=Cc1ccc(O)c(O)c1.O=C(O)C=Cc1ccc(O)cc1.O=C(O)C=Cc1ccc(O)cc1.O=C(O)C=Cc1ccc(O)cc1.O=C(O)C=Cc1ccc(O)cc1.O=C(O)C=Cc1ccc(O)cc1.O=C(O)C=Cc1ccc(O)cc1.O=C(O)C=Cc1ccc(O)cc1.O=C(O)C=Cc1ccc(O)cc1.O=C(O)C=Cc1ccc(O)cc1.O=C(O)C=Cc1ccc(O)cc1. The second-order valence-electron chi connectivity index (χ2n) is 25.1. The van der Waals surface area contributed by atoms with Crippen LogP contribution in [0, 0.1) is 0 Å². The van der Waals surface area contributed by atoms with Gasteiger partial charge in [0.25, 0.3) is 0 Å². The lowest BCUT2D eigenvalue weighted by Gasteiger charge is -1.97. The van der Waals surface area contributed by atoms with E-state index in [0.29, 0.717) is 5.56 Å². The van der Waals surface area contributed by atoms with E-state index in [-0.39, 0.29) is 69.0 Å². The molecule has 0 fully saturated rings. The summed E-state index contributed by atoms with van der Waals surface area (Å²) in [6.45, 7) is 0. The first-order chi connectivity index (χ1) is 62.9. The molecule has 0 radical (unpaired) electrons. The van der Waals surface area contributed by atoms with Gasteiger partial charge >= 0.3 is 65.7 Å². The van der Waals surface area contributed by atoms with Crippen LogP contribution in [0.15, 0.2) is 328 Å². The first-order valence-electron chi connectivity index (χ1n) is 37.4. The molecule has 0 aliphatic carbocycles. The Morgan fingerprint density at radius 1 is 0.128 bits per heavy atom. The van der Waals surface area contributed by atoms with Crippen LogP contribution in [0.4, 0.5) is 0 Å². The van der Waals surface area contributed by atoms with Gasteiger partial charge in [0.2, 0.25) is 0 Å². The highest BCUT2D eigenvalue weighted by Crippen LogP contribution is 2.26. The van der Waals surface area contributed by atoms with Crippen molar-refractivity contribution in [2.24, 2.45) is 0 Å². The minimum absolute atomic E-state index is 0.169. The summed E-state index contributed by atoms with van der Waals surface area (Å²) < 4.78 is 0. The van der Waals surface area contributed by atoms with Crippen molar-refractivity contribution in [1.29, 1.82) is 0 Å². The van der Waals surface area contributed by atoms with Crippen molar-refractivity contribution in [3.05, 3.63) is 389 Å². The van der Waals surface area contributed by atoms with E-state index in [9.17, 15) is 52.7 Å². The third-order valence-corrected chi connectivity index (χ3v) is 14.5. The molecule has 11 rings (SSSR count). The fourth-order valence-electron chi connectivity index (χ4n) is 8.34. The Morgan fingerprint density at radius 3 is 0.308 bits per heavy atom. The predicted octanol–water partition coefficient (Wildman–Crippen LogP) is 16.1. The van der Waals surface area contributed by atoms with E-state index in [1.807, 2.05) is 0 Å². The van der Waals surface area contributed by atoms with Crippen LogP contribution < -0.4 is 0 Å². The Morgan fingerprint density at radius 2 is 0.218 bits per heavy atom. The lowest BCUT2D eigenvalue weighted by molar-refractivity contribution is -0.132. The summed E-state index contributed by atoms with van der Waals surface area (Å²) in [7, 11) is 0. The van der Waals surface area contributed by atoms with Crippen LogP contribution in [0.5, 0.6) is 69.0 Å². The summed E-state index contributed by atoms with van der Waals surface area (Å²) in [6.07, 6.45) is 27.4. The highest BCUT2D eigenvalue weighted by Gasteiger charge is 2.02. The molecule has 23 N–H and O–H groups in total. The average molecular weight is 1820 g/mol. The first kappa shape index (κ1) is 111. The molecular formula is C99H88O34. The van der Waals surface area contributed by atoms with Crippen LogP contribution in [-0.4, -0.2) is 183 Å². The van der Waals surface area contributed by atoms with E-state index in [2.05, 4.69) is 0 Å². The first-order valence-corrected chi connectivity index (χ1v) is 37.4. The second kappa shape index (κ2) is 64.1. The van der Waals surface area contributed by atoms with Gasteiger partial charge in [0.1, 0.15) is 57.5 Å². The van der Waals surface area contributed by atoms with Gasteiger partial charge in [0.05, 0.1) is 0 Å². The number of aromatic hydroxyl groups is 12. The third-order valence-electron chi connectivity index (χ3n) is 14.5. The summed E-state index contributed by atoms with van der Waals surface area (Å²) in [5.74, 6) is -9.71. The number of hydrogen-bond donors (Lipinski definition) is 23. The molecule has 0 aromatic heterocycles. The molecule has 0 unspecified atom stereocenters. The van der Waals surface area contributed by atoms with Gasteiger partial charge in [0, 0.05) is 66.8 Å². The van der Waals surface area contributed by atoms with Crippen LogP contribution in [0.1, 0.15) is 61.2 Å². The molecule has 0 saturated heterocycles. The van der Waals surface area contributed by atoms with E-state index >= 15 is 0 Å². The lowest BCUT2D eigenvalue weighted by atomic mass is 10.2. The van der Waals surface area contributed by atoms with Crippen molar-refractivity contribution in [3.63, 3.8) is 0 Å². The van der Waals surface area contributed by atoms with Gasteiger partial charge in [0.15, 0.2) is 11.5 Å². The van der Waals surface area contributed by atoms with Gasteiger partial charge in [-0.15, -0.1) is 0 Å². The van der Waals surface area contributed by atoms with E-state index < -0.39 is 65.7 Å². The van der Waals surface area contributed by atoms with E-state index in [0.717, 1.165) is 122 Å². The molecule has 0 heterocycles. The fourth-order valence-corrected chi connectivity index (χ4v) is 8.34. The number of hydrogen-bond acceptors (Lipinski definition) is 23. The zero-order chi connectivity index (χ0) is 99.6. The van der Waals surface area contributed by atoms with Crippen LogP contribution in [0.25, 0.3) is 66.8 Å². The molecule has 0 saturated carbocycles. The lowest BCUT2D eigenvalue weighted by Crippen LogP contribution is -1.85. The van der Waals surface area contributed by atoms with Gasteiger partial charge in [-0.25, -0.2) is 52.7 Å². The number of rotatable bonds is 22. The van der Waals surface area contributed by atoms with Gasteiger partial charge in [-0.1, -0.05) is 127 Å². The maximum Gasteiger partial charge on any atom is 0.328 e. The zero-order valence-corrected chi connectivity index (χ0v) is 69.3. The van der Waals surface area contributed by atoms with Crippen molar-refractivity contribution in [2.75, 3.05) is 0 Å². The molecule has 688 valence electrons. The fraction of sp³-hybridized carbons (Fsp3) is 0. The van der Waals surface area contributed by atoms with Crippen LogP contribution in [0.2, 0.25) is 0 Å². The van der Waals surface area contributed by atoms with Gasteiger partial charge in [-0.3, -0.25) is 0 Å².